The van der Waals surface area contributed by atoms with Gasteiger partial charge in [-0.1, -0.05) is 41.9 Å². The SMILES string of the molecule is CN=C(NCC(C)(C)c1cccc(Br)c1)N1CCN(C(=O)c2ccco2)CC1. The van der Waals surface area contributed by atoms with E-state index < -0.39 is 0 Å². The number of nitrogens with zero attached hydrogens (tertiary/aromatic N) is 3. The molecule has 2 heterocycles. The molecule has 1 aromatic heterocycles. The molecule has 7 heteroatoms. The minimum atomic E-state index is -0.0524. The topological polar surface area (TPSA) is 61.1 Å². The Morgan fingerprint density at radius 3 is 2.50 bits per heavy atom. The minimum Gasteiger partial charge on any atom is -0.459 e. The lowest BCUT2D eigenvalue weighted by molar-refractivity contribution is 0.0657. The van der Waals surface area contributed by atoms with E-state index in [4.69, 9.17) is 4.42 Å². The molecule has 0 spiro atoms. The van der Waals surface area contributed by atoms with Crippen LogP contribution < -0.4 is 5.32 Å². The fourth-order valence-corrected chi connectivity index (χ4v) is 3.72. The standard InChI is InChI=1S/C21H27BrN4O2/c1-21(2,16-6-4-7-17(22)14-16)15-24-20(23-3)26-11-9-25(10-12-26)19(27)18-8-5-13-28-18/h4-8,13-14H,9-12,15H2,1-3H3,(H,23,24). The van der Waals surface area contributed by atoms with E-state index in [0.29, 0.717) is 18.8 Å². The number of piperazine rings is 1. The van der Waals surface area contributed by atoms with Crippen LogP contribution >= 0.6 is 15.9 Å². The van der Waals surface area contributed by atoms with Crippen molar-refractivity contribution in [3.8, 4) is 0 Å². The number of halogens is 1. The van der Waals surface area contributed by atoms with Crippen LogP contribution in [0, 0.1) is 0 Å². The lowest BCUT2D eigenvalue weighted by atomic mass is 9.85. The third kappa shape index (κ3) is 4.76. The molecule has 1 aliphatic heterocycles. The van der Waals surface area contributed by atoms with Crippen molar-refractivity contribution in [2.24, 2.45) is 4.99 Å². The van der Waals surface area contributed by atoms with E-state index in [-0.39, 0.29) is 11.3 Å². The second-order valence-corrected chi connectivity index (χ2v) is 8.47. The molecule has 1 aliphatic rings. The molecule has 1 aromatic carbocycles. The number of carbonyl (C=O) groups excluding carboxylic acids is 1. The molecule has 2 aromatic rings. The molecule has 0 radical (unpaired) electrons. The smallest absolute Gasteiger partial charge is 0.289 e. The summed E-state index contributed by atoms with van der Waals surface area (Å²) in [5.41, 5.74) is 1.22. The van der Waals surface area contributed by atoms with E-state index in [1.54, 1.807) is 19.2 Å². The van der Waals surface area contributed by atoms with E-state index in [1.165, 1.54) is 11.8 Å². The van der Waals surface area contributed by atoms with Crippen molar-refractivity contribution in [3.05, 3.63) is 58.5 Å². The summed E-state index contributed by atoms with van der Waals surface area (Å²) in [6, 6.07) is 11.8. The Labute approximate surface area is 174 Å². The molecule has 1 fully saturated rings. The molecule has 0 aliphatic carbocycles. The largest absolute Gasteiger partial charge is 0.459 e. The molecule has 1 amide bonds. The number of hydrogen-bond acceptors (Lipinski definition) is 3. The number of amides is 1. The van der Waals surface area contributed by atoms with Gasteiger partial charge >= 0.3 is 0 Å². The Hall–Kier alpha value is -2.28. The van der Waals surface area contributed by atoms with E-state index >= 15 is 0 Å². The van der Waals surface area contributed by atoms with Crippen LogP contribution in [0.5, 0.6) is 0 Å². The summed E-state index contributed by atoms with van der Waals surface area (Å²) in [6.07, 6.45) is 1.53. The van der Waals surface area contributed by atoms with Crippen LogP contribution in [-0.4, -0.2) is 61.4 Å². The maximum Gasteiger partial charge on any atom is 0.289 e. The van der Waals surface area contributed by atoms with Gasteiger partial charge in [0.1, 0.15) is 0 Å². The molecule has 6 nitrogen and oxygen atoms in total. The van der Waals surface area contributed by atoms with Gasteiger partial charge in [-0.3, -0.25) is 9.79 Å². The van der Waals surface area contributed by atoms with Crippen molar-refractivity contribution in [1.82, 2.24) is 15.1 Å². The number of guanidine groups is 1. The van der Waals surface area contributed by atoms with Gasteiger partial charge in [-0.15, -0.1) is 0 Å². The van der Waals surface area contributed by atoms with Crippen molar-refractivity contribution in [3.63, 3.8) is 0 Å². The quantitative estimate of drug-likeness (QED) is 0.577. The Morgan fingerprint density at radius 2 is 1.89 bits per heavy atom. The van der Waals surface area contributed by atoms with E-state index in [2.05, 4.69) is 63.2 Å². The molecule has 150 valence electrons. The molecular formula is C21H27BrN4O2. The van der Waals surface area contributed by atoms with Crippen LogP contribution in [0.1, 0.15) is 30.0 Å². The maximum atomic E-state index is 12.4. The molecule has 3 rings (SSSR count). The van der Waals surface area contributed by atoms with Gasteiger partial charge in [0.2, 0.25) is 0 Å². The number of aliphatic imine (C=N–C) groups is 1. The summed E-state index contributed by atoms with van der Waals surface area (Å²) in [5.74, 6) is 1.21. The Kier molecular flexibility index (Phi) is 6.44. The summed E-state index contributed by atoms with van der Waals surface area (Å²) in [7, 11) is 1.80. The second kappa shape index (κ2) is 8.82. The van der Waals surface area contributed by atoms with Gasteiger partial charge in [0.25, 0.3) is 5.91 Å². The number of hydrogen-bond donors (Lipinski definition) is 1. The third-order valence-electron chi connectivity index (χ3n) is 5.10. The van der Waals surface area contributed by atoms with Crippen molar-refractivity contribution in [2.75, 3.05) is 39.8 Å². The first-order valence-corrected chi connectivity index (χ1v) is 10.2. The fraction of sp³-hybridized carbons (Fsp3) is 0.429. The van der Waals surface area contributed by atoms with Gasteiger partial charge in [-0.05, 0) is 29.8 Å². The van der Waals surface area contributed by atoms with Crippen LogP contribution in [0.3, 0.4) is 0 Å². The second-order valence-electron chi connectivity index (χ2n) is 7.55. The van der Waals surface area contributed by atoms with Crippen LogP contribution in [0.15, 0.2) is 56.5 Å². The van der Waals surface area contributed by atoms with Crippen LogP contribution in [0.25, 0.3) is 0 Å². The highest BCUT2D eigenvalue weighted by Crippen LogP contribution is 2.25. The minimum absolute atomic E-state index is 0.0448. The summed E-state index contributed by atoms with van der Waals surface area (Å²) in [5, 5.41) is 3.51. The highest BCUT2D eigenvalue weighted by atomic mass is 79.9. The van der Waals surface area contributed by atoms with Gasteiger partial charge in [0.15, 0.2) is 11.7 Å². The Morgan fingerprint density at radius 1 is 1.18 bits per heavy atom. The first-order chi connectivity index (χ1) is 13.4. The van der Waals surface area contributed by atoms with Crippen molar-refractivity contribution in [2.45, 2.75) is 19.3 Å². The van der Waals surface area contributed by atoms with Crippen LogP contribution in [0.2, 0.25) is 0 Å². The highest BCUT2D eigenvalue weighted by molar-refractivity contribution is 9.10. The monoisotopic (exact) mass is 446 g/mol. The van der Waals surface area contributed by atoms with Crippen LogP contribution in [-0.2, 0) is 5.41 Å². The predicted molar refractivity (Wildman–Crippen MR) is 115 cm³/mol. The average Bonchev–Trinajstić information content (AvgIpc) is 3.23. The lowest BCUT2D eigenvalue weighted by Gasteiger charge is -2.37. The van der Waals surface area contributed by atoms with Gasteiger partial charge in [0, 0.05) is 49.7 Å². The van der Waals surface area contributed by atoms with Gasteiger partial charge < -0.3 is 19.5 Å². The number of furan rings is 1. The average molecular weight is 447 g/mol. The fourth-order valence-electron chi connectivity index (χ4n) is 3.32. The van der Waals surface area contributed by atoms with Gasteiger partial charge in [-0.25, -0.2) is 0 Å². The highest BCUT2D eigenvalue weighted by Gasteiger charge is 2.27. The Balaban J connectivity index is 1.55. The predicted octanol–water partition coefficient (Wildman–Crippen LogP) is 3.35. The zero-order valence-electron chi connectivity index (χ0n) is 16.6. The van der Waals surface area contributed by atoms with Gasteiger partial charge in [-0.2, -0.15) is 0 Å². The van der Waals surface area contributed by atoms with Crippen molar-refractivity contribution in [1.29, 1.82) is 0 Å². The van der Waals surface area contributed by atoms with E-state index in [1.807, 2.05) is 11.0 Å². The molecule has 0 atom stereocenters. The van der Waals surface area contributed by atoms with E-state index in [9.17, 15) is 4.79 Å². The summed E-state index contributed by atoms with van der Waals surface area (Å²) in [6.45, 7) is 7.98. The summed E-state index contributed by atoms with van der Waals surface area (Å²) in [4.78, 5) is 20.9. The molecular weight excluding hydrogens is 420 g/mol. The lowest BCUT2D eigenvalue weighted by Crippen LogP contribution is -2.54. The van der Waals surface area contributed by atoms with Crippen LogP contribution in [0.4, 0.5) is 0 Å². The summed E-state index contributed by atoms with van der Waals surface area (Å²) >= 11 is 3.55. The van der Waals surface area contributed by atoms with Crippen molar-refractivity contribution >= 4 is 27.8 Å². The zero-order valence-corrected chi connectivity index (χ0v) is 18.2. The molecule has 0 saturated carbocycles. The first kappa shape index (κ1) is 20.5. The number of rotatable bonds is 4. The first-order valence-electron chi connectivity index (χ1n) is 9.45. The summed E-state index contributed by atoms with van der Waals surface area (Å²) < 4.78 is 6.31. The Bertz CT molecular complexity index is 825. The number of nitrogens with one attached hydrogen (secondary N) is 1. The normalized spacial score (nSPS) is 15.6. The third-order valence-corrected chi connectivity index (χ3v) is 5.60. The molecule has 1 saturated heterocycles. The number of benzene rings is 1. The van der Waals surface area contributed by atoms with Gasteiger partial charge in [0.05, 0.1) is 6.26 Å². The maximum absolute atomic E-state index is 12.4. The van der Waals surface area contributed by atoms with E-state index in [0.717, 1.165) is 30.1 Å². The molecule has 0 unspecified atom stereocenters. The molecule has 28 heavy (non-hydrogen) atoms. The number of carbonyl (C=O) groups is 1. The molecule has 0 bridgehead atoms. The molecule has 1 N–H and O–H groups in total. The van der Waals surface area contributed by atoms with Crippen molar-refractivity contribution < 1.29 is 9.21 Å². The zero-order chi connectivity index (χ0) is 20.1.